The van der Waals surface area contributed by atoms with Crippen LogP contribution in [0.5, 0.6) is 0 Å². The zero-order chi connectivity index (χ0) is 38.1. The summed E-state index contributed by atoms with van der Waals surface area (Å²) >= 11 is 0. The standard InChI is InChI=1S/C35H38F5N7O5S/c1-3-44(2)53(50,51)43-29-9-8-28(36)30(31(29)37)32(48)27-21-47(52-34(49)35(38,39)40)33-26(27)18-24(19-42-33)23-6-4-22(5-7-23)20-45-14-16-46(17-15-45)25-10-12-41-13-11-25/h4-9,18-19,21,25,41,43H,3,10-17,20H2,1-2H3. The van der Waals surface area contributed by atoms with Gasteiger partial charge < -0.3 is 10.2 Å². The molecule has 284 valence electrons. The second-order valence-corrected chi connectivity index (χ2v) is 14.7. The van der Waals surface area contributed by atoms with Gasteiger partial charge in [-0.3, -0.25) is 19.3 Å². The molecule has 0 bridgehead atoms. The van der Waals surface area contributed by atoms with Crippen molar-refractivity contribution in [3.05, 3.63) is 83.2 Å². The van der Waals surface area contributed by atoms with E-state index in [4.69, 9.17) is 0 Å². The first-order valence-electron chi connectivity index (χ1n) is 17.0. The number of nitrogens with zero attached hydrogens (tertiary/aromatic N) is 5. The van der Waals surface area contributed by atoms with Crippen LogP contribution < -0.4 is 14.9 Å². The summed E-state index contributed by atoms with van der Waals surface area (Å²) in [5.41, 5.74) is -0.859. The predicted molar refractivity (Wildman–Crippen MR) is 186 cm³/mol. The Labute approximate surface area is 302 Å². The second kappa shape index (κ2) is 15.5. The first-order valence-corrected chi connectivity index (χ1v) is 18.4. The molecule has 4 aromatic rings. The molecule has 0 unspecified atom stereocenters. The summed E-state index contributed by atoms with van der Waals surface area (Å²) in [4.78, 5) is 39.1. The number of fused-ring (bicyclic) bond motifs is 1. The third-order valence-corrected chi connectivity index (χ3v) is 11.2. The molecule has 0 amide bonds. The predicted octanol–water partition coefficient (Wildman–Crippen LogP) is 4.21. The smallest absolute Gasteiger partial charge is 0.326 e. The molecule has 2 aromatic heterocycles. The van der Waals surface area contributed by atoms with E-state index in [2.05, 4.69) is 24.9 Å². The van der Waals surface area contributed by atoms with E-state index in [9.17, 15) is 31.2 Å². The van der Waals surface area contributed by atoms with E-state index in [-0.39, 0.29) is 11.9 Å². The molecule has 2 aromatic carbocycles. The van der Waals surface area contributed by atoms with Crippen molar-refractivity contribution < 1.29 is 44.8 Å². The third kappa shape index (κ3) is 8.36. The van der Waals surface area contributed by atoms with Crippen LogP contribution in [-0.4, -0.2) is 109 Å². The number of aromatic nitrogens is 2. The van der Waals surface area contributed by atoms with E-state index in [0.717, 1.165) is 74.6 Å². The van der Waals surface area contributed by atoms with Gasteiger partial charge in [0.15, 0.2) is 11.5 Å². The van der Waals surface area contributed by atoms with Crippen LogP contribution in [0.15, 0.2) is 54.9 Å². The average molecular weight is 764 g/mol. The molecule has 2 aliphatic heterocycles. The summed E-state index contributed by atoms with van der Waals surface area (Å²) in [6, 6.07) is 10.9. The van der Waals surface area contributed by atoms with Gasteiger partial charge in [-0.15, -0.1) is 0 Å². The molecule has 2 N–H and O–H groups in total. The SMILES string of the molecule is CCN(C)S(=O)(=O)Nc1ccc(F)c(C(=O)c2cn(OC(=O)C(F)(F)F)c3ncc(-c4ccc(CN5CCN(C6CCNCC6)CC5)cc4)cc23)c1F. The highest BCUT2D eigenvalue weighted by atomic mass is 32.2. The number of nitrogens with one attached hydrogen (secondary N) is 2. The fraction of sp³-hybridized carbons (Fsp3) is 0.400. The van der Waals surface area contributed by atoms with Gasteiger partial charge in [-0.05, 0) is 55.3 Å². The number of carbonyl (C=O) groups is 2. The number of pyridine rings is 1. The van der Waals surface area contributed by atoms with Crippen molar-refractivity contribution in [1.82, 2.24) is 29.1 Å². The van der Waals surface area contributed by atoms with Gasteiger partial charge in [0.25, 0.3) is 0 Å². The van der Waals surface area contributed by atoms with Crippen LogP contribution in [0, 0.1) is 11.6 Å². The molecule has 4 heterocycles. The number of hydrogen-bond donors (Lipinski definition) is 2. The number of rotatable bonds is 11. The van der Waals surface area contributed by atoms with Crippen molar-refractivity contribution in [2.75, 3.05) is 57.6 Å². The normalized spacial score (nSPS) is 16.7. The molecule has 53 heavy (non-hydrogen) atoms. The Morgan fingerprint density at radius 1 is 1.02 bits per heavy atom. The lowest BCUT2D eigenvalue weighted by Gasteiger charge is -2.40. The Balaban J connectivity index is 1.29. The monoisotopic (exact) mass is 763 g/mol. The number of halogens is 5. The van der Waals surface area contributed by atoms with Crippen LogP contribution in [0.2, 0.25) is 0 Å². The molecular weight excluding hydrogens is 725 g/mol. The van der Waals surface area contributed by atoms with Crippen LogP contribution in [0.1, 0.15) is 41.3 Å². The maximum atomic E-state index is 15.7. The lowest BCUT2D eigenvalue weighted by molar-refractivity contribution is -0.199. The Morgan fingerprint density at radius 2 is 1.70 bits per heavy atom. The number of ketones is 1. The number of alkyl halides is 3. The molecule has 0 spiro atoms. The molecule has 0 radical (unpaired) electrons. The first kappa shape index (κ1) is 38.2. The van der Waals surface area contributed by atoms with Crippen LogP contribution >= 0.6 is 0 Å². The molecule has 2 fully saturated rings. The average Bonchev–Trinajstić information content (AvgIpc) is 3.50. The summed E-state index contributed by atoms with van der Waals surface area (Å²) in [7, 11) is -3.08. The van der Waals surface area contributed by atoms with Crippen LogP contribution in [0.25, 0.3) is 22.2 Å². The van der Waals surface area contributed by atoms with Gasteiger partial charge in [0.05, 0.1) is 23.0 Å². The van der Waals surface area contributed by atoms with Gasteiger partial charge in [-0.25, -0.2) is 18.6 Å². The van der Waals surface area contributed by atoms with Crippen molar-refractivity contribution in [2.45, 2.75) is 38.5 Å². The van der Waals surface area contributed by atoms with Gasteiger partial charge in [-0.2, -0.15) is 30.6 Å². The van der Waals surface area contributed by atoms with Crippen LogP contribution in [-0.2, 0) is 21.5 Å². The summed E-state index contributed by atoms with van der Waals surface area (Å²) in [6.45, 7) is 8.21. The minimum Gasteiger partial charge on any atom is -0.326 e. The Kier molecular flexibility index (Phi) is 11.2. The van der Waals surface area contributed by atoms with E-state index in [1.54, 1.807) is 0 Å². The van der Waals surface area contributed by atoms with Crippen LogP contribution in [0.3, 0.4) is 0 Å². The topological polar surface area (TPSA) is 129 Å². The Bertz CT molecular complexity index is 2100. The fourth-order valence-electron chi connectivity index (χ4n) is 6.51. The van der Waals surface area contributed by atoms with E-state index >= 15 is 8.78 Å². The van der Waals surface area contributed by atoms with Crippen molar-refractivity contribution in [2.24, 2.45) is 0 Å². The van der Waals surface area contributed by atoms with Crippen molar-refractivity contribution >= 4 is 38.7 Å². The van der Waals surface area contributed by atoms with Crippen molar-refractivity contribution in [1.29, 1.82) is 0 Å². The number of carbonyl (C=O) groups excluding carboxylic acids is 2. The highest BCUT2D eigenvalue weighted by molar-refractivity contribution is 7.90. The minimum atomic E-state index is -5.42. The molecule has 6 rings (SSSR count). The maximum Gasteiger partial charge on any atom is 0.493 e. The molecule has 0 aliphatic carbocycles. The van der Waals surface area contributed by atoms with E-state index in [0.29, 0.717) is 34.2 Å². The second-order valence-electron chi connectivity index (χ2n) is 13.0. The maximum absolute atomic E-state index is 15.7. The highest BCUT2D eigenvalue weighted by Crippen LogP contribution is 2.31. The molecule has 18 heteroatoms. The number of hydrogen-bond acceptors (Lipinski definition) is 9. The van der Waals surface area contributed by atoms with E-state index in [1.165, 1.54) is 26.2 Å². The zero-order valence-electron chi connectivity index (χ0n) is 28.9. The lowest BCUT2D eigenvalue weighted by Crippen LogP contribution is -2.52. The van der Waals surface area contributed by atoms with E-state index < -0.39 is 62.2 Å². The Morgan fingerprint density at radius 3 is 2.34 bits per heavy atom. The summed E-state index contributed by atoms with van der Waals surface area (Å²) < 4.78 is 98.5. The molecule has 0 saturated carbocycles. The molecular formula is C35H38F5N7O5S. The summed E-state index contributed by atoms with van der Waals surface area (Å²) in [5, 5.41) is 3.22. The summed E-state index contributed by atoms with van der Waals surface area (Å²) in [5.74, 6) is -6.94. The van der Waals surface area contributed by atoms with Crippen LogP contribution in [0.4, 0.5) is 27.6 Å². The summed E-state index contributed by atoms with van der Waals surface area (Å²) in [6.07, 6.45) is -1.14. The molecule has 2 saturated heterocycles. The number of benzene rings is 2. The number of piperidine rings is 1. The van der Waals surface area contributed by atoms with Crippen molar-refractivity contribution in [3.63, 3.8) is 0 Å². The number of anilines is 1. The zero-order valence-corrected chi connectivity index (χ0v) is 29.7. The Hall–Kier alpha value is -4.49. The molecule has 2 aliphatic rings. The van der Waals surface area contributed by atoms with Gasteiger partial charge in [0.1, 0.15) is 5.82 Å². The minimum absolute atomic E-state index is 0.00812. The highest BCUT2D eigenvalue weighted by Gasteiger charge is 2.42. The van der Waals surface area contributed by atoms with Gasteiger partial charge in [0.2, 0.25) is 5.78 Å². The van der Waals surface area contributed by atoms with E-state index in [1.807, 2.05) is 29.0 Å². The molecule has 0 atom stereocenters. The fourth-order valence-corrected chi connectivity index (χ4v) is 7.44. The molecule has 12 nitrogen and oxygen atoms in total. The van der Waals surface area contributed by atoms with Gasteiger partial charge in [-0.1, -0.05) is 31.2 Å². The first-order chi connectivity index (χ1) is 25.2. The lowest BCUT2D eigenvalue weighted by atomic mass is 9.99. The largest absolute Gasteiger partial charge is 0.493 e. The van der Waals surface area contributed by atoms with Crippen molar-refractivity contribution in [3.8, 4) is 11.1 Å². The number of piperazine rings is 1. The quantitative estimate of drug-likeness (QED) is 0.171. The third-order valence-electron chi connectivity index (χ3n) is 9.61. The van der Waals surface area contributed by atoms with Gasteiger partial charge >= 0.3 is 22.4 Å². The van der Waals surface area contributed by atoms with Gasteiger partial charge in [0, 0.05) is 69.5 Å².